The van der Waals surface area contributed by atoms with Crippen molar-refractivity contribution in [1.82, 2.24) is 9.71 Å². The lowest BCUT2D eigenvalue weighted by molar-refractivity contribution is 0.0976. The maximum atomic E-state index is 11.7. The Hall–Kier alpha value is -1.47. The van der Waals surface area contributed by atoms with Gasteiger partial charge in [0, 0.05) is 12.3 Å². The van der Waals surface area contributed by atoms with Gasteiger partial charge in [-0.15, -0.1) is 0 Å². The number of rotatable bonds is 6. The van der Waals surface area contributed by atoms with Gasteiger partial charge in [0.05, 0.1) is 12.4 Å². The van der Waals surface area contributed by atoms with Gasteiger partial charge in [-0.1, -0.05) is 6.07 Å². The summed E-state index contributed by atoms with van der Waals surface area (Å²) in [5.41, 5.74) is 0.726. The van der Waals surface area contributed by atoms with Gasteiger partial charge in [0.1, 0.15) is 5.69 Å². The number of pyridine rings is 1. The van der Waals surface area contributed by atoms with E-state index in [0.717, 1.165) is 0 Å². The molecule has 1 rings (SSSR count). The number of hydrogen-bond acceptors (Lipinski definition) is 5. The second kappa shape index (κ2) is 6.46. The molecule has 0 unspecified atom stereocenters. The molecule has 6 nitrogen and oxygen atoms in total. The number of ether oxygens (including phenoxy) is 1. The van der Waals surface area contributed by atoms with E-state index in [9.17, 15) is 13.2 Å². The van der Waals surface area contributed by atoms with Crippen molar-refractivity contribution in [2.75, 3.05) is 19.0 Å². The highest BCUT2D eigenvalue weighted by atomic mass is 32.2. The zero-order valence-corrected chi connectivity index (χ0v) is 11.2. The average Bonchev–Trinajstić information content (AvgIpc) is 2.28. The third-order valence-electron chi connectivity index (χ3n) is 2.07. The predicted molar refractivity (Wildman–Crippen MR) is 66.7 cm³/mol. The number of aryl methyl sites for hydroxylation is 1. The van der Waals surface area contributed by atoms with Crippen molar-refractivity contribution in [2.45, 2.75) is 13.8 Å². The number of sulfonamides is 1. The molecule has 1 heterocycles. The van der Waals surface area contributed by atoms with Crippen molar-refractivity contribution in [3.63, 3.8) is 0 Å². The van der Waals surface area contributed by atoms with Gasteiger partial charge in [-0.05, 0) is 26.0 Å². The summed E-state index contributed by atoms with van der Waals surface area (Å²) in [6.07, 6.45) is 0. The quantitative estimate of drug-likeness (QED) is 0.762. The minimum absolute atomic E-state index is 0.0559. The van der Waals surface area contributed by atoms with E-state index < -0.39 is 15.9 Å². The molecule has 18 heavy (non-hydrogen) atoms. The van der Waals surface area contributed by atoms with E-state index >= 15 is 0 Å². The van der Waals surface area contributed by atoms with E-state index in [-0.39, 0.29) is 18.1 Å². The third-order valence-corrected chi connectivity index (χ3v) is 3.27. The van der Waals surface area contributed by atoms with Crippen LogP contribution in [0.2, 0.25) is 0 Å². The lowest BCUT2D eigenvalue weighted by Crippen LogP contribution is -2.34. The van der Waals surface area contributed by atoms with Crippen LogP contribution >= 0.6 is 0 Å². The number of carbonyl (C=O) groups is 1. The van der Waals surface area contributed by atoms with E-state index in [1.165, 1.54) is 6.07 Å². The number of nitrogens with one attached hydrogen (secondary N) is 1. The van der Waals surface area contributed by atoms with Crippen LogP contribution in [0.4, 0.5) is 0 Å². The number of hydrogen-bond donors (Lipinski definition) is 1. The first-order chi connectivity index (χ1) is 8.44. The van der Waals surface area contributed by atoms with E-state index in [4.69, 9.17) is 4.74 Å². The van der Waals surface area contributed by atoms with Crippen LogP contribution in [0.25, 0.3) is 0 Å². The van der Waals surface area contributed by atoms with Crippen LogP contribution in [-0.4, -0.2) is 38.3 Å². The minimum atomic E-state index is -3.68. The van der Waals surface area contributed by atoms with Crippen LogP contribution in [-0.2, 0) is 14.8 Å². The highest BCUT2D eigenvalue weighted by molar-refractivity contribution is 7.90. The molecule has 1 N–H and O–H groups in total. The summed E-state index contributed by atoms with van der Waals surface area (Å²) >= 11 is 0. The first-order valence-corrected chi connectivity index (χ1v) is 7.16. The van der Waals surface area contributed by atoms with E-state index in [2.05, 4.69) is 4.98 Å². The maximum absolute atomic E-state index is 11.7. The fourth-order valence-corrected chi connectivity index (χ4v) is 2.05. The monoisotopic (exact) mass is 272 g/mol. The predicted octanol–water partition coefficient (Wildman–Crippen LogP) is 0.486. The largest absolute Gasteiger partial charge is 0.381 e. The Morgan fingerprint density at radius 2 is 2.17 bits per heavy atom. The van der Waals surface area contributed by atoms with Gasteiger partial charge in [-0.3, -0.25) is 4.79 Å². The lowest BCUT2D eigenvalue weighted by Gasteiger charge is -2.06. The highest BCUT2D eigenvalue weighted by Gasteiger charge is 2.16. The molecule has 0 aromatic carbocycles. The minimum Gasteiger partial charge on any atom is -0.381 e. The van der Waals surface area contributed by atoms with Gasteiger partial charge in [-0.25, -0.2) is 18.1 Å². The van der Waals surface area contributed by atoms with Crippen LogP contribution < -0.4 is 4.72 Å². The molecule has 100 valence electrons. The Balaban J connectivity index is 2.64. The summed E-state index contributed by atoms with van der Waals surface area (Å²) in [4.78, 5) is 15.6. The molecule has 0 fully saturated rings. The maximum Gasteiger partial charge on any atom is 0.283 e. The molecule has 1 amide bonds. The Kier molecular flexibility index (Phi) is 5.24. The van der Waals surface area contributed by atoms with Gasteiger partial charge in [0.2, 0.25) is 10.0 Å². The second-order valence-corrected chi connectivity index (χ2v) is 5.45. The van der Waals surface area contributed by atoms with E-state index in [1.807, 2.05) is 4.72 Å². The molecule has 1 aromatic rings. The van der Waals surface area contributed by atoms with Crippen molar-refractivity contribution in [3.8, 4) is 0 Å². The zero-order chi connectivity index (χ0) is 13.6. The second-order valence-electron chi connectivity index (χ2n) is 3.61. The SMILES string of the molecule is CCOCCS(=O)(=O)NC(=O)c1cccc(C)n1. The van der Waals surface area contributed by atoms with Crippen LogP contribution in [0.1, 0.15) is 23.1 Å². The normalized spacial score (nSPS) is 11.2. The van der Waals surface area contributed by atoms with Crippen LogP contribution in [0.3, 0.4) is 0 Å². The Morgan fingerprint density at radius 3 is 2.78 bits per heavy atom. The third kappa shape index (κ3) is 4.80. The van der Waals surface area contributed by atoms with Crippen molar-refractivity contribution in [1.29, 1.82) is 0 Å². The molecule has 1 aromatic heterocycles. The van der Waals surface area contributed by atoms with Gasteiger partial charge < -0.3 is 4.74 Å². The smallest absolute Gasteiger partial charge is 0.283 e. The Labute approximate surface area is 106 Å². The first-order valence-electron chi connectivity index (χ1n) is 5.51. The van der Waals surface area contributed by atoms with Gasteiger partial charge in [0.15, 0.2) is 0 Å². The number of amides is 1. The summed E-state index contributed by atoms with van der Waals surface area (Å²) in [5.74, 6) is -0.978. The van der Waals surface area contributed by atoms with Crippen molar-refractivity contribution in [3.05, 3.63) is 29.6 Å². The van der Waals surface area contributed by atoms with Crippen LogP contribution in [0.5, 0.6) is 0 Å². The first kappa shape index (κ1) is 14.6. The molecule has 0 aliphatic carbocycles. The summed E-state index contributed by atoms with van der Waals surface area (Å²) in [6.45, 7) is 3.98. The number of nitrogens with zero attached hydrogens (tertiary/aromatic N) is 1. The molecule has 0 atom stereocenters. The Morgan fingerprint density at radius 1 is 1.44 bits per heavy atom. The van der Waals surface area contributed by atoms with Crippen molar-refractivity contribution in [2.24, 2.45) is 0 Å². The van der Waals surface area contributed by atoms with Gasteiger partial charge >= 0.3 is 0 Å². The summed E-state index contributed by atoms with van der Waals surface area (Å²) < 4.78 is 29.9. The molecule has 0 radical (unpaired) electrons. The molecule has 7 heteroatoms. The Bertz CT molecular complexity index is 514. The fraction of sp³-hybridized carbons (Fsp3) is 0.455. The van der Waals surface area contributed by atoms with E-state index in [1.54, 1.807) is 26.0 Å². The molecule has 0 saturated heterocycles. The highest BCUT2D eigenvalue weighted by Crippen LogP contribution is 1.99. The molecular weight excluding hydrogens is 256 g/mol. The zero-order valence-electron chi connectivity index (χ0n) is 10.3. The topological polar surface area (TPSA) is 85.4 Å². The summed E-state index contributed by atoms with van der Waals surface area (Å²) in [5, 5.41) is 0. The number of carbonyl (C=O) groups excluding carboxylic acids is 1. The van der Waals surface area contributed by atoms with Crippen molar-refractivity contribution < 1.29 is 17.9 Å². The molecule has 0 aliphatic heterocycles. The van der Waals surface area contributed by atoms with Gasteiger partial charge in [0.25, 0.3) is 5.91 Å². The lowest BCUT2D eigenvalue weighted by atomic mass is 10.3. The van der Waals surface area contributed by atoms with E-state index in [0.29, 0.717) is 12.3 Å². The molecule has 0 saturated carbocycles. The standard InChI is InChI=1S/C11H16N2O4S/c1-3-17-7-8-18(15,16)13-11(14)10-6-4-5-9(2)12-10/h4-6H,3,7-8H2,1-2H3,(H,13,14). The molecule has 0 bridgehead atoms. The summed E-state index contributed by atoms with van der Waals surface area (Å²) in [6, 6.07) is 4.82. The average molecular weight is 272 g/mol. The molecular formula is C11H16N2O4S. The summed E-state index contributed by atoms with van der Waals surface area (Å²) in [7, 11) is -3.68. The van der Waals surface area contributed by atoms with Gasteiger partial charge in [-0.2, -0.15) is 0 Å². The molecule has 0 spiro atoms. The van der Waals surface area contributed by atoms with Crippen LogP contribution in [0.15, 0.2) is 18.2 Å². The fourth-order valence-electron chi connectivity index (χ4n) is 1.23. The van der Waals surface area contributed by atoms with Crippen molar-refractivity contribution >= 4 is 15.9 Å². The van der Waals surface area contributed by atoms with Crippen LogP contribution in [0, 0.1) is 6.92 Å². The molecule has 0 aliphatic rings. The number of aromatic nitrogens is 1.